The molecule has 2 aromatic carbocycles. The molecule has 0 aromatic heterocycles. The van der Waals surface area contributed by atoms with Gasteiger partial charge in [-0.2, -0.15) is 0 Å². The van der Waals surface area contributed by atoms with E-state index in [4.69, 9.17) is 23.2 Å². The number of rotatable bonds is 6. The quantitative estimate of drug-likeness (QED) is 0.735. The van der Waals surface area contributed by atoms with E-state index in [1.165, 1.54) is 16.4 Å². The second-order valence-electron chi connectivity index (χ2n) is 6.20. The summed E-state index contributed by atoms with van der Waals surface area (Å²) < 4.78 is 53.8. The van der Waals surface area contributed by atoms with E-state index in [0.29, 0.717) is 29.2 Å². The third-order valence-corrected chi connectivity index (χ3v) is 8.44. The Labute approximate surface area is 169 Å². The SMILES string of the molecule is Cc1cc(S(=O)(=O)NCCS(=O)(=O)N2CCc3ccccc32)c(Cl)cc1Cl. The van der Waals surface area contributed by atoms with Gasteiger partial charge >= 0.3 is 0 Å². The first-order valence-electron chi connectivity index (χ1n) is 8.15. The van der Waals surface area contributed by atoms with Gasteiger partial charge in [-0.05, 0) is 42.7 Å². The standard InChI is InChI=1S/C17H18Cl2N2O4S2/c1-12-10-17(15(19)11-14(12)18)27(24,25)20-7-9-26(22,23)21-8-6-13-4-2-3-5-16(13)21/h2-5,10-11,20H,6-9H2,1H3. The Kier molecular flexibility index (Phi) is 5.74. The number of sulfonamides is 2. The molecule has 3 rings (SSSR count). The van der Waals surface area contributed by atoms with Gasteiger partial charge in [0.1, 0.15) is 4.90 Å². The van der Waals surface area contributed by atoms with E-state index < -0.39 is 20.0 Å². The third-order valence-electron chi connectivity index (χ3n) is 4.34. The molecular formula is C17H18Cl2N2O4S2. The van der Waals surface area contributed by atoms with Gasteiger partial charge in [-0.1, -0.05) is 41.4 Å². The highest BCUT2D eigenvalue weighted by molar-refractivity contribution is 7.93. The van der Waals surface area contributed by atoms with Crippen LogP contribution < -0.4 is 9.03 Å². The topological polar surface area (TPSA) is 83.5 Å². The molecule has 0 atom stereocenters. The van der Waals surface area contributed by atoms with Crippen molar-refractivity contribution in [2.24, 2.45) is 0 Å². The van der Waals surface area contributed by atoms with Gasteiger partial charge in [0.15, 0.2) is 0 Å². The zero-order valence-electron chi connectivity index (χ0n) is 14.4. The summed E-state index contributed by atoms with van der Waals surface area (Å²) in [5.41, 5.74) is 2.17. The lowest BCUT2D eigenvalue weighted by atomic mass is 10.2. The molecule has 0 bridgehead atoms. The summed E-state index contributed by atoms with van der Waals surface area (Å²) >= 11 is 11.9. The number of anilines is 1. The molecule has 10 heteroatoms. The number of hydrogen-bond donors (Lipinski definition) is 1. The molecule has 1 heterocycles. The van der Waals surface area contributed by atoms with Crippen molar-refractivity contribution in [1.82, 2.24) is 4.72 Å². The van der Waals surface area contributed by atoms with Gasteiger partial charge in [-0.15, -0.1) is 0 Å². The lowest BCUT2D eigenvalue weighted by Gasteiger charge is -2.19. The number of nitrogens with zero attached hydrogens (tertiary/aromatic N) is 1. The molecule has 146 valence electrons. The van der Waals surface area contributed by atoms with Gasteiger partial charge in [0.25, 0.3) is 0 Å². The number of benzene rings is 2. The number of aryl methyl sites for hydroxylation is 1. The van der Waals surface area contributed by atoms with Crippen LogP contribution >= 0.6 is 23.2 Å². The summed E-state index contributed by atoms with van der Waals surface area (Å²) in [7, 11) is -7.61. The summed E-state index contributed by atoms with van der Waals surface area (Å²) in [5, 5.41) is 0.337. The number of halogens is 2. The summed E-state index contributed by atoms with van der Waals surface area (Å²) in [6, 6.07) is 9.99. The highest BCUT2D eigenvalue weighted by atomic mass is 35.5. The average Bonchev–Trinajstić information content (AvgIpc) is 3.02. The van der Waals surface area contributed by atoms with E-state index in [1.807, 2.05) is 12.1 Å². The van der Waals surface area contributed by atoms with Crippen LogP contribution in [0.5, 0.6) is 0 Å². The molecule has 1 aliphatic rings. The molecule has 2 aromatic rings. The summed E-state index contributed by atoms with van der Waals surface area (Å²) in [5.74, 6) is -0.356. The van der Waals surface area contributed by atoms with Crippen molar-refractivity contribution < 1.29 is 16.8 Å². The molecule has 1 N–H and O–H groups in total. The molecule has 27 heavy (non-hydrogen) atoms. The fourth-order valence-corrected chi connectivity index (χ4v) is 6.35. The Balaban J connectivity index is 1.72. The van der Waals surface area contributed by atoms with E-state index in [-0.39, 0.29) is 22.2 Å². The first-order valence-corrected chi connectivity index (χ1v) is 12.0. The van der Waals surface area contributed by atoms with Crippen molar-refractivity contribution >= 4 is 48.9 Å². The highest BCUT2D eigenvalue weighted by Crippen LogP contribution is 2.30. The minimum Gasteiger partial charge on any atom is -0.270 e. The van der Waals surface area contributed by atoms with E-state index in [2.05, 4.69) is 4.72 Å². The van der Waals surface area contributed by atoms with Gasteiger partial charge in [0.05, 0.1) is 16.5 Å². The molecule has 0 unspecified atom stereocenters. The smallest absolute Gasteiger partial charge is 0.242 e. The molecule has 0 saturated heterocycles. The third kappa shape index (κ3) is 4.25. The van der Waals surface area contributed by atoms with E-state index in [1.54, 1.807) is 19.1 Å². The predicted molar refractivity (Wildman–Crippen MR) is 108 cm³/mol. The lowest BCUT2D eigenvalue weighted by Crippen LogP contribution is -2.37. The summed E-state index contributed by atoms with van der Waals surface area (Å²) in [4.78, 5) is -0.130. The minimum absolute atomic E-state index is 0.0190. The molecule has 0 aliphatic carbocycles. The van der Waals surface area contributed by atoms with Gasteiger partial charge in [0.2, 0.25) is 20.0 Å². The Hall–Kier alpha value is -1.32. The molecule has 0 spiro atoms. The van der Waals surface area contributed by atoms with Crippen molar-refractivity contribution in [3.05, 3.63) is 57.6 Å². The first-order chi connectivity index (χ1) is 12.6. The van der Waals surface area contributed by atoms with E-state index in [0.717, 1.165) is 5.56 Å². The maximum atomic E-state index is 12.6. The van der Waals surface area contributed by atoms with Crippen LogP contribution in [-0.4, -0.2) is 35.7 Å². The molecule has 6 nitrogen and oxygen atoms in total. The Bertz CT molecular complexity index is 1090. The summed E-state index contributed by atoms with van der Waals surface area (Å²) in [6.07, 6.45) is 0.640. The molecular weight excluding hydrogens is 431 g/mol. The number of nitrogens with one attached hydrogen (secondary N) is 1. The van der Waals surface area contributed by atoms with Gasteiger partial charge in [-0.3, -0.25) is 4.31 Å². The molecule has 0 fully saturated rings. The normalized spacial score (nSPS) is 14.4. The Morgan fingerprint density at radius 2 is 1.78 bits per heavy atom. The van der Waals surface area contributed by atoms with Crippen LogP contribution in [0.4, 0.5) is 5.69 Å². The highest BCUT2D eigenvalue weighted by Gasteiger charge is 2.29. The molecule has 1 aliphatic heterocycles. The van der Waals surface area contributed by atoms with Crippen LogP contribution in [0.2, 0.25) is 10.0 Å². The second kappa shape index (κ2) is 7.60. The zero-order valence-corrected chi connectivity index (χ0v) is 17.6. The van der Waals surface area contributed by atoms with Crippen LogP contribution in [-0.2, 0) is 26.5 Å². The van der Waals surface area contributed by atoms with Crippen LogP contribution in [0, 0.1) is 6.92 Å². The van der Waals surface area contributed by atoms with Crippen LogP contribution in [0.15, 0.2) is 41.3 Å². The molecule has 0 radical (unpaired) electrons. The van der Waals surface area contributed by atoms with Gasteiger partial charge in [0, 0.05) is 18.1 Å². The monoisotopic (exact) mass is 448 g/mol. The number of para-hydroxylation sites is 1. The van der Waals surface area contributed by atoms with Crippen molar-refractivity contribution in [2.45, 2.75) is 18.2 Å². The number of hydrogen-bond acceptors (Lipinski definition) is 4. The molecule has 0 saturated carbocycles. The Morgan fingerprint density at radius 1 is 1.07 bits per heavy atom. The Morgan fingerprint density at radius 3 is 2.52 bits per heavy atom. The minimum atomic E-state index is -3.96. The van der Waals surface area contributed by atoms with Crippen LogP contribution in [0.1, 0.15) is 11.1 Å². The van der Waals surface area contributed by atoms with Crippen molar-refractivity contribution in [1.29, 1.82) is 0 Å². The zero-order chi connectivity index (χ0) is 19.8. The fourth-order valence-electron chi connectivity index (χ4n) is 2.93. The van der Waals surface area contributed by atoms with E-state index >= 15 is 0 Å². The number of fused-ring (bicyclic) bond motifs is 1. The maximum absolute atomic E-state index is 12.6. The fraction of sp³-hybridized carbons (Fsp3) is 0.294. The second-order valence-corrected chi connectivity index (χ2v) is 10.8. The lowest BCUT2D eigenvalue weighted by molar-refractivity contribution is 0.580. The van der Waals surface area contributed by atoms with Crippen LogP contribution in [0.3, 0.4) is 0 Å². The predicted octanol–water partition coefficient (Wildman–Crippen LogP) is 2.97. The van der Waals surface area contributed by atoms with Crippen molar-refractivity contribution in [3.8, 4) is 0 Å². The average molecular weight is 449 g/mol. The van der Waals surface area contributed by atoms with Crippen LogP contribution in [0.25, 0.3) is 0 Å². The van der Waals surface area contributed by atoms with Crippen molar-refractivity contribution in [2.75, 3.05) is 23.1 Å². The maximum Gasteiger partial charge on any atom is 0.242 e. The van der Waals surface area contributed by atoms with Crippen molar-refractivity contribution in [3.63, 3.8) is 0 Å². The summed E-state index contributed by atoms with van der Waals surface area (Å²) in [6.45, 7) is 1.75. The van der Waals surface area contributed by atoms with Gasteiger partial charge in [-0.25, -0.2) is 21.6 Å². The molecule has 0 amide bonds. The first kappa shape index (κ1) is 20.4. The van der Waals surface area contributed by atoms with Gasteiger partial charge < -0.3 is 0 Å². The van der Waals surface area contributed by atoms with E-state index in [9.17, 15) is 16.8 Å². The largest absolute Gasteiger partial charge is 0.270 e.